The summed E-state index contributed by atoms with van der Waals surface area (Å²) in [6, 6.07) is 16.4. The lowest BCUT2D eigenvalue weighted by molar-refractivity contribution is -0.120. The van der Waals surface area contributed by atoms with Crippen molar-refractivity contribution in [3.05, 3.63) is 60.0 Å². The van der Waals surface area contributed by atoms with Crippen molar-refractivity contribution in [1.82, 2.24) is 4.31 Å². The molecule has 2 heterocycles. The molecular weight excluding hydrogens is 380 g/mol. The first-order valence-corrected chi connectivity index (χ1v) is 11.2. The number of fused-ring (bicyclic) bond motifs is 1. The first-order valence-electron chi connectivity index (χ1n) is 8.87. The summed E-state index contributed by atoms with van der Waals surface area (Å²) in [6.45, 7) is 0.720. The predicted octanol–water partition coefficient (Wildman–Crippen LogP) is 3.94. The van der Waals surface area contributed by atoms with Crippen molar-refractivity contribution < 1.29 is 13.2 Å². The van der Waals surface area contributed by atoms with Gasteiger partial charge in [-0.3, -0.25) is 4.79 Å². The molecule has 7 heteroatoms. The number of nitrogens with one attached hydrogen (secondary N) is 1. The number of rotatable bonds is 4. The number of sulfonamides is 1. The minimum absolute atomic E-state index is 0.0404. The molecule has 27 heavy (non-hydrogen) atoms. The summed E-state index contributed by atoms with van der Waals surface area (Å²) in [5.41, 5.74) is 0.783. The largest absolute Gasteiger partial charge is 0.326 e. The standard InChI is InChI=1S/C20H20N2O3S2/c23-20(21-17-6-7-19-16(14-17)10-13-26-19)15-8-11-22(12-9-15)27(24,25)18-4-2-1-3-5-18/h1-7,10,13-15H,8-9,11-12H2,(H,21,23). The summed E-state index contributed by atoms with van der Waals surface area (Å²) in [5, 5.41) is 6.12. The Labute approximate surface area is 162 Å². The van der Waals surface area contributed by atoms with Gasteiger partial charge in [0, 0.05) is 29.4 Å². The van der Waals surface area contributed by atoms with Gasteiger partial charge in [-0.05, 0) is 60.0 Å². The molecule has 0 atom stereocenters. The van der Waals surface area contributed by atoms with Crippen molar-refractivity contribution in [2.24, 2.45) is 5.92 Å². The van der Waals surface area contributed by atoms with Gasteiger partial charge in [0.25, 0.3) is 0 Å². The summed E-state index contributed by atoms with van der Waals surface area (Å²) in [4.78, 5) is 12.9. The normalized spacial score (nSPS) is 16.4. The minimum atomic E-state index is -3.49. The molecule has 0 spiro atoms. The maximum absolute atomic E-state index is 12.7. The molecule has 2 aromatic carbocycles. The quantitative estimate of drug-likeness (QED) is 0.721. The van der Waals surface area contributed by atoms with Crippen molar-refractivity contribution in [3.63, 3.8) is 0 Å². The summed E-state index contributed by atoms with van der Waals surface area (Å²) < 4.78 is 28.0. The number of carbonyl (C=O) groups is 1. The molecule has 4 rings (SSSR count). The highest BCUT2D eigenvalue weighted by Crippen LogP contribution is 2.27. The number of hydrogen-bond acceptors (Lipinski definition) is 4. The zero-order chi connectivity index (χ0) is 18.9. The third-order valence-corrected chi connectivity index (χ3v) is 7.74. The fraction of sp³-hybridized carbons (Fsp3) is 0.250. The van der Waals surface area contributed by atoms with Crippen LogP contribution in [0.25, 0.3) is 10.1 Å². The molecule has 0 saturated carbocycles. The summed E-state index contributed by atoms with van der Waals surface area (Å²) in [6.07, 6.45) is 1.05. The Hall–Kier alpha value is -2.22. The Bertz CT molecular complexity index is 1050. The van der Waals surface area contributed by atoms with E-state index in [1.54, 1.807) is 41.7 Å². The number of carbonyl (C=O) groups excluding carboxylic acids is 1. The van der Waals surface area contributed by atoms with Crippen molar-refractivity contribution in [1.29, 1.82) is 0 Å². The van der Waals surface area contributed by atoms with Crippen LogP contribution in [0.3, 0.4) is 0 Å². The average molecular weight is 401 g/mol. The molecule has 0 aliphatic carbocycles. The average Bonchev–Trinajstić information content (AvgIpc) is 3.16. The highest BCUT2D eigenvalue weighted by atomic mass is 32.2. The van der Waals surface area contributed by atoms with Gasteiger partial charge < -0.3 is 5.32 Å². The Morgan fingerprint density at radius 3 is 2.52 bits per heavy atom. The van der Waals surface area contributed by atoms with Crippen molar-refractivity contribution >= 4 is 43.0 Å². The summed E-state index contributed by atoms with van der Waals surface area (Å²) >= 11 is 1.67. The molecule has 1 aromatic heterocycles. The smallest absolute Gasteiger partial charge is 0.243 e. The third-order valence-electron chi connectivity index (χ3n) is 4.93. The van der Waals surface area contributed by atoms with Crippen LogP contribution >= 0.6 is 11.3 Å². The van der Waals surface area contributed by atoms with E-state index in [4.69, 9.17) is 0 Å². The maximum Gasteiger partial charge on any atom is 0.243 e. The van der Waals surface area contributed by atoms with E-state index in [9.17, 15) is 13.2 Å². The van der Waals surface area contributed by atoms with Gasteiger partial charge in [0.1, 0.15) is 0 Å². The highest BCUT2D eigenvalue weighted by molar-refractivity contribution is 7.89. The summed E-state index contributed by atoms with van der Waals surface area (Å²) in [7, 11) is -3.49. The molecule has 0 unspecified atom stereocenters. The number of piperidine rings is 1. The number of anilines is 1. The summed E-state index contributed by atoms with van der Waals surface area (Å²) in [5.74, 6) is -0.216. The van der Waals surface area contributed by atoms with Crippen LogP contribution in [0, 0.1) is 5.92 Å². The van der Waals surface area contributed by atoms with E-state index in [-0.39, 0.29) is 11.8 Å². The fourth-order valence-electron chi connectivity index (χ4n) is 3.39. The van der Waals surface area contributed by atoms with Crippen LogP contribution in [0.1, 0.15) is 12.8 Å². The maximum atomic E-state index is 12.7. The van der Waals surface area contributed by atoms with E-state index in [2.05, 4.69) is 5.32 Å². The Morgan fingerprint density at radius 2 is 1.78 bits per heavy atom. The second-order valence-corrected chi connectivity index (χ2v) is 9.54. The molecular formula is C20H20N2O3S2. The van der Waals surface area contributed by atoms with Gasteiger partial charge in [0.15, 0.2) is 0 Å². The number of hydrogen-bond donors (Lipinski definition) is 1. The van der Waals surface area contributed by atoms with Crippen LogP contribution in [0.4, 0.5) is 5.69 Å². The second-order valence-electron chi connectivity index (χ2n) is 6.65. The van der Waals surface area contributed by atoms with Crippen LogP contribution < -0.4 is 5.32 Å². The van der Waals surface area contributed by atoms with E-state index in [1.807, 2.05) is 29.6 Å². The second kappa shape index (κ2) is 7.42. The van der Waals surface area contributed by atoms with Crippen molar-refractivity contribution in [3.8, 4) is 0 Å². The van der Waals surface area contributed by atoms with Crippen LogP contribution in [-0.4, -0.2) is 31.7 Å². The molecule has 1 amide bonds. The van der Waals surface area contributed by atoms with Crippen molar-refractivity contribution in [2.45, 2.75) is 17.7 Å². The molecule has 1 aliphatic heterocycles. The Kier molecular flexibility index (Phi) is 4.99. The molecule has 3 aromatic rings. The first-order chi connectivity index (χ1) is 13.0. The third kappa shape index (κ3) is 3.76. The van der Waals surface area contributed by atoms with E-state index in [0.29, 0.717) is 30.8 Å². The molecule has 1 saturated heterocycles. The lowest BCUT2D eigenvalue weighted by Crippen LogP contribution is -2.41. The Morgan fingerprint density at radius 1 is 1.04 bits per heavy atom. The van der Waals surface area contributed by atoms with Gasteiger partial charge in [-0.15, -0.1) is 11.3 Å². The zero-order valence-electron chi connectivity index (χ0n) is 14.7. The first kappa shape index (κ1) is 18.2. The van der Waals surface area contributed by atoms with Gasteiger partial charge in [0.2, 0.25) is 15.9 Å². The predicted molar refractivity (Wildman–Crippen MR) is 108 cm³/mol. The molecule has 1 fully saturated rings. The minimum Gasteiger partial charge on any atom is -0.326 e. The SMILES string of the molecule is O=C(Nc1ccc2sccc2c1)C1CCN(S(=O)(=O)c2ccccc2)CC1. The lowest BCUT2D eigenvalue weighted by Gasteiger charge is -2.30. The van der Waals surface area contributed by atoms with E-state index < -0.39 is 10.0 Å². The molecule has 1 N–H and O–H groups in total. The number of thiophene rings is 1. The van der Waals surface area contributed by atoms with Gasteiger partial charge >= 0.3 is 0 Å². The molecule has 140 valence electrons. The van der Waals surface area contributed by atoms with E-state index in [0.717, 1.165) is 11.1 Å². The van der Waals surface area contributed by atoms with Crippen molar-refractivity contribution in [2.75, 3.05) is 18.4 Å². The van der Waals surface area contributed by atoms with Crippen LogP contribution in [0.2, 0.25) is 0 Å². The van der Waals surface area contributed by atoms with Crippen LogP contribution in [-0.2, 0) is 14.8 Å². The van der Waals surface area contributed by atoms with Gasteiger partial charge in [-0.1, -0.05) is 18.2 Å². The lowest BCUT2D eigenvalue weighted by atomic mass is 9.97. The molecule has 1 aliphatic rings. The fourth-order valence-corrected chi connectivity index (χ4v) is 5.65. The number of nitrogens with zero attached hydrogens (tertiary/aromatic N) is 1. The molecule has 5 nitrogen and oxygen atoms in total. The van der Waals surface area contributed by atoms with Crippen LogP contribution in [0.15, 0.2) is 64.9 Å². The highest BCUT2D eigenvalue weighted by Gasteiger charge is 2.32. The molecule has 0 radical (unpaired) electrons. The zero-order valence-corrected chi connectivity index (χ0v) is 16.3. The van der Waals surface area contributed by atoms with Gasteiger partial charge in [-0.25, -0.2) is 8.42 Å². The van der Waals surface area contributed by atoms with E-state index >= 15 is 0 Å². The number of amides is 1. The molecule has 0 bridgehead atoms. The van der Waals surface area contributed by atoms with Gasteiger partial charge in [-0.2, -0.15) is 4.31 Å². The monoisotopic (exact) mass is 400 g/mol. The van der Waals surface area contributed by atoms with Gasteiger partial charge in [0.05, 0.1) is 4.90 Å². The van der Waals surface area contributed by atoms with Crippen LogP contribution in [0.5, 0.6) is 0 Å². The Balaban J connectivity index is 1.39. The topological polar surface area (TPSA) is 66.5 Å². The van der Waals surface area contributed by atoms with E-state index in [1.165, 1.54) is 9.01 Å². The number of benzene rings is 2.